The fourth-order valence-corrected chi connectivity index (χ4v) is 1.73. The van der Waals surface area contributed by atoms with Crippen LogP contribution < -0.4 is 5.32 Å². The molecule has 0 radical (unpaired) electrons. The van der Waals surface area contributed by atoms with Gasteiger partial charge in [0.1, 0.15) is 18.5 Å². The van der Waals surface area contributed by atoms with Crippen molar-refractivity contribution >= 4 is 35.7 Å². The van der Waals surface area contributed by atoms with Crippen LogP contribution in [0.4, 0.5) is 11.4 Å². The maximum Gasteiger partial charge on any atom is 0.269 e. The molecule has 0 fully saturated rings. The van der Waals surface area contributed by atoms with E-state index in [0.29, 0.717) is 17.4 Å². The van der Waals surface area contributed by atoms with Gasteiger partial charge >= 0.3 is 0 Å². The standard InChI is InChI=1S/C11H8N6O2/c18-17(19)8-3-1-7(2-4-8)16-11-9-10(13-5-12-9)14-6-15-11/h1-6,9H,(H,12,13,14,15,16). The van der Waals surface area contributed by atoms with E-state index in [2.05, 4.69) is 25.3 Å². The second-order valence-electron chi connectivity index (χ2n) is 3.84. The highest BCUT2D eigenvalue weighted by Crippen LogP contribution is 2.17. The first-order valence-electron chi connectivity index (χ1n) is 5.45. The lowest BCUT2D eigenvalue weighted by Crippen LogP contribution is -2.33. The highest BCUT2D eigenvalue weighted by atomic mass is 16.6. The van der Waals surface area contributed by atoms with Gasteiger partial charge in [0, 0.05) is 17.8 Å². The summed E-state index contributed by atoms with van der Waals surface area (Å²) < 4.78 is 0. The Morgan fingerprint density at radius 2 is 1.95 bits per heavy atom. The third-order valence-corrected chi connectivity index (χ3v) is 2.65. The summed E-state index contributed by atoms with van der Waals surface area (Å²) in [4.78, 5) is 26.4. The molecule has 1 atom stereocenters. The molecular weight excluding hydrogens is 248 g/mol. The summed E-state index contributed by atoms with van der Waals surface area (Å²) in [5.74, 6) is 1.18. The zero-order valence-electron chi connectivity index (χ0n) is 9.59. The van der Waals surface area contributed by atoms with Gasteiger partial charge in [0.15, 0.2) is 11.9 Å². The van der Waals surface area contributed by atoms with Crippen LogP contribution in [-0.2, 0) is 0 Å². The molecule has 0 saturated carbocycles. The number of hydrogen-bond acceptors (Lipinski definition) is 7. The van der Waals surface area contributed by atoms with E-state index in [1.807, 2.05) is 0 Å². The van der Waals surface area contributed by atoms with Crippen molar-refractivity contribution in [2.45, 2.75) is 6.04 Å². The van der Waals surface area contributed by atoms with E-state index in [0.717, 1.165) is 0 Å². The number of rotatable bonds is 2. The minimum atomic E-state index is -0.444. The molecule has 8 nitrogen and oxygen atoms in total. The second-order valence-corrected chi connectivity index (χ2v) is 3.84. The van der Waals surface area contributed by atoms with Gasteiger partial charge in [-0.25, -0.2) is 15.0 Å². The van der Waals surface area contributed by atoms with E-state index in [-0.39, 0.29) is 11.7 Å². The summed E-state index contributed by atoms with van der Waals surface area (Å²) in [6.07, 6.45) is 2.84. The molecule has 0 amide bonds. The normalized spacial score (nSPS) is 19.7. The van der Waals surface area contributed by atoms with E-state index >= 15 is 0 Å². The number of nitrogens with zero attached hydrogens (tertiary/aromatic N) is 5. The van der Waals surface area contributed by atoms with Crippen molar-refractivity contribution in [3.05, 3.63) is 34.4 Å². The number of nitro benzene ring substituents is 1. The molecule has 0 spiro atoms. The molecule has 0 saturated heterocycles. The molecule has 94 valence electrons. The fourth-order valence-electron chi connectivity index (χ4n) is 1.73. The third kappa shape index (κ3) is 2.10. The van der Waals surface area contributed by atoms with Crippen LogP contribution in [0.2, 0.25) is 0 Å². The average molecular weight is 256 g/mol. The van der Waals surface area contributed by atoms with Gasteiger partial charge in [-0.15, -0.1) is 0 Å². The molecule has 2 aliphatic rings. The highest BCUT2D eigenvalue weighted by molar-refractivity contribution is 6.23. The number of benzene rings is 1. The van der Waals surface area contributed by atoms with Gasteiger partial charge < -0.3 is 5.32 Å². The lowest BCUT2D eigenvalue weighted by atomic mass is 10.2. The van der Waals surface area contributed by atoms with Crippen molar-refractivity contribution in [2.75, 3.05) is 5.32 Å². The van der Waals surface area contributed by atoms with Gasteiger partial charge in [-0.1, -0.05) is 0 Å². The Kier molecular flexibility index (Phi) is 2.60. The number of aliphatic imine (C=N–C) groups is 4. The van der Waals surface area contributed by atoms with Crippen LogP contribution in [0.15, 0.2) is 44.2 Å². The Bertz CT molecular complexity index is 644. The molecule has 0 aromatic heterocycles. The van der Waals surface area contributed by atoms with Crippen LogP contribution >= 0.6 is 0 Å². The fraction of sp³-hybridized carbons (Fsp3) is 0.0909. The Morgan fingerprint density at radius 1 is 1.16 bits per heavy atom. The van der Waals surface area contributed by atoms with Crippen LogP contribution in [-0.4, -0.2) is 35.3 Å². The van der Waals surface area contributed by atoms with E-state index < -0.39 is 4.92 Å². The number of nitro groups is 1. The van der Waals surface area contributed by atoms with Gasteiger partial charge in [-0.2, -0.15) is 0 Å². The summed E-state index contributed by atoms with van der Waals surface area (Å²) in [6.45, 7) is 0. The molecule has 0 aliphatic carbocycles. The van der Waals surface area contributed by atoms with Crippen molar-refractivity contribution in [1.82, 2.24) is 0 Å². The first-order valence-corrected chi connectivity index (χ1v) is 5.45. The largest absolute Gasteiger partial charge is 0.341 e. The Balaban J connectivity index is 1.80. The summed E-state index contributed by atoms with van der Waals surface area (Å²) in [5.41, 5.74) is 0.736. The molecule has 2 heterocycles. The molecule has 0 bridgehead atoms. The number of hydrogen-bond donors (Lipinski definition) is 1. The molecule has 8 heteroatoms. The molecule has 1 N–H and O–H groups in total. The van der Waals surface area contributed by atoms with Crippen molar-refractivity contribution in [3.8, 4) is 0 Å². The van der Waals surface area contributed by atoms with E-state index in [4.69, 9.17) is 0 Å². The summed E-state index contributed by atoms with van der Waals surface area (Å²) >= 11 is 0. The quantitative estimate of drug-likeness (QED) is 0.635. The van der Waals surface area contributed by atoms with Crippen molar-refractivity contribution < 1.29 is 4.92 Å². The van der Waals surface area contributed by atoms with Gasteiger partial charge in [-0.3, -0.25) is 15.1 Å². The van der Waals surface area contributed by atoms with Gasteiger partial charge in [0.2, 0.25) is 0 Å². The Labute approximate surface area is 107 Å². The molecule has 19 heavy (non-hydrogen) atoms. The average Bonchev–Trinajstić information content (AvgIpc) is 2.89. The summed E-state index contributed by atoms with van der Waals surface area (Å²) in [7, 11) is 0. The van der Waals surface area contributed by atoms with E-state index in [9.17, 15) is 10.1 Å². The maximum absolute atomic E-state index is 10.6. The lowest BCUT2D eigenvalue weighted by Gasteiger charge is -2.15. The summed E-state index contributed by atoms with van der Waals surface area (Å²) in [5, 5.41) is 13.6. The van der Waals surface area contributed by atoms with Crippen LogP contribution in [0.5, 0.6) is 0 Å². The van der Waals surface area contributed by atoms with Crippen molar-refractivity contribution in [1.29, 1.82) is 0 Å². The van der Waals surface area contributed by atoms with Crippen LogP contribution in [0.1, 0.15) is 0 Å². The van der Waals surface area contributed by atoms with Crippen molar-refractivity contribution in [3.63, 3.8) is 0 Å². The number of nitrogens with one attached hydrogen (secondary N) is 1. The molecule has 1 unspecified atom stereocenters. The molecule has 1 aromatic carbocycles. The molecule has 3 rings (SSSR count). The topological polar surface area (TPSA) is 105 Å². The van der Waals surface area contributed by atoms with Crippen LogP contribution in [0.25, 0.3) is 0 Å². The number of anilines is 1. The van der Waals surface area contributed by atoms with Crippen LogP contribution in [0, 0.1) is 10.1 Å². The number of amidine groups is 2. The molecule has 1 aromatic rings. The monoisotopic (exact) mass is 256 g/mol. The zero-order valence-corrected chi connectivity index (χ0v) is 9.59. The highest BCUT2D eigenvalue weighted by Gasteiger charge is 2.26. The SMILES string of the molecule is O=[N+]([O-])c1ccc(NC2=NC=NC3=NC=NC32)cc1. The van der Waals surface area contributed by atoms with Crippen molar-refractivity contribution in [2.24, 2.45) is 20.0 Å². The van der Waals surface area contributed by atoms with Crippen LogP contribution in [0.3, 0.4) is 0 Å². The first kappa shape index (κ1) is 11.2. The van der Waals surface area contributed by atoms with E-state index in [1.54, 1.807) is 12.1 Å². The first-order chi connectivity index (χ1) is 9.24. The number of fused-ring (bicyclic) bond motifs is 1. The van der Waals surface area contributed by atoms with Gasteiger partial charge in [0.25, 0.3) is 5.69 Å². The Hall–Kier alpha value is -2.90. The lowest BCUT2D eigenvalue weighted by molar-refractivity contribution is -0.384. The molecular formula is C11H8N6O2. The second kappa shape index (κ2) is 4.41. The minimum absolute atomic E-state index is 0.0406. The third-order valence-electron chi connectivity index (χ3n) is 2.65. The predicted molar refractivity (Wildman–Crippen MR) is 72.4 cm³/mol. The molecule has 2 aliphatic heterocycles. The van der Waals surface area contributed by atoms with E-state index in [1.165, 1.54) is 24.8 Å². The predicted octanol–water partition coefficient (Wildman–Crippen LogP) is 1.26. The Morgan fingerprint density at radius 3 is 2.68 bits per heavy atom. The minimum Gasteiger partial charge on any atom is -0.341 e. The summed E-state index contributed by atoms with van der Waals surface area (Å²) in [6, 6.07) is 5.75. The smallest absolute Gasteiger partial charge is 0.269 e. The zero-order chi connectivity index (χ0) is 13.2. The maximum atomic E-state index is 10.6. The van der Waals surface area contributed by atoms with Gasteiger partial charge in [-0.05, 0) is 12.1 Å². The van der Waals surface area contributed by atoms with Gasteiger partial charge in [0.05, 0.1) is 4.92 Å². The number of non-ortho nitro benzene ring substituents is 1.